The second-order valence-corrected chi connectivity index (χ2v) is 6.37. The molecule has 1 aliphatic carbocycles. The molecule has 0 aromatic carbocycles. The van der Waals surface area contributed by atoms with Crippen molar-refractivity contribution in [3.63, 3.8) is 0 Å². The zero-order valence-corrected chi connectivity index (χ0v) is 12.9. The summed E-state index contributed by atoms with van der Waals surface area (Å²) in [6.07, 6.45) is 4.71. The molecular formula is C13H18N4S2. The van der Waals surface area contributed by atoms with Crippen LogP contribution in [0, 0.1) is 4.77 Å². The number of H-pyrrole nitrogens is 1. The highest BCUT2D eigenvalue weighted by molar-refractivity contribution is 7.71. The molecule has 4 nitrogen and oxygen atoms in total. The number of nitrogens with zero attached hydrogens (tertiary/aromatic N) is 3. The van der Waals surface area contributed by atoms with E-state index in [1.807, 2.05) is 0 Å². The molecule has 0 amide bonds. The van der Waals surface area contributed by atoms with Crippen molar-refractivity contribution >= 4 is 23.6 Å². The third-order valence-corrected chi connectivity index (χ3v) is 4.97. The lowest BCUT2D eigenvalue weighted by Gasteiger charge is -2.02. The predicted octanol–water partition coefficient (Wildman–Crippen LogP) is 3.91. The van der Waals surface area contributed by atoms with Crippen molar-refractivity contribution in [3.05, 3.63) is 15.5 Å². The van der Waals surface area contributed by atoms with Gasteiger partial charge in [0.2, 0.25) is 0 Å². The smallest absolute Gasteiger partial charge is 0.195 e. The van der Waals surface area contributed by atoms with E-state index in [2.05, 4.69) is 28.6 Å². The average molecular weight is 294 g/mol. The van der Waals surface area contributed by atoms with Crippen LogP contribution in [-0.4, -0.2) is 19.7 Å². The normalized spacial score (nSPS) is 15.1. The van der Waals surface area contributed by atoms with Crippen molar-refractivity contribution in [2.24, 2.45) is 0 Å². The van der Waals surface area contributed by atoms with E-state index in [0.29, 0.717) is 10.7 Å². The fourth-order valence-electron chi connectivity index (χ4n) is 2.24. The predicted molar refractivity (Wildman–Crippen MR) is 80.2 cm³/mol. The van der Waals surface area contributed by atoms with Gasteiger partial charge in [-0.25, -0.2) is 4.98 Å². The lowest BCUT2D eigenvalue weighted by atomic mass is 10.2. The number of hydrogen-bond donors (Lipinski definition) is 1. The van der Waals surface area contributed by atoms with E-state index in [-0.39, 0.29) is 0 Å². The van der Waals surface area contributed by atoms with Gasteiger partial charge >= 0.3 is 0 Å². The van der Waals surface area contributed by atoms with Crippen molar-refractivity contribution in [2.75, 3.05) is 0 Å². The van der Waals surface area contributed by atoms with E-state index >= 15 is 0 Å². The Morgan fingerprint density at radius 1 is 1.42 bits per heavy atom. The highest BCUT2D eigenvalue weighted by Gasteiger charge is 2.29. The summed E-state index contributed by atoms with van der Waals surface area (Å²) in [5.41, 5.74) is 1.19. The molecule has 1 N–H and O–H groups in total. The Kier molecular flexibility index (Phi) is 3.54. The van der Waals surface area contributed by atoms with Crippen LogP contribution in [0.25, 0.3) is 10.7 Å². The van der Waals surface area contributed by atoms with Crippen LogP contribution in [0.15, 0.2) is 0 Å². The Bertz CT molecular complexity index is 633. The van der Waals surface area contributed by atoms with Crippen molar-refractivity contribution < 1.29 is 0 Å². The van der Waals surface area contributed by atoms with Gasteiger partial charge < -0.3 is 0 Å². The summed E-state index contributed by atoms with van der Waals surface area (Å²) < 4.78 is 2.75. The first-order chi connectivity index (χ1) is 9.24. The molecule has 0 radical (unpaired) electrons. The van der Waals surface area contributed by atoms with Gasteiger partial charge in [-0.2, -0.15) is 5.10 Å². The van der Waals surface area contributed by atoms with Gasteiger partial charge in [0.25, 0.3) is 0 Å². The molecule has 0 unspecified atom stereocenters. The largest absolute Gasteiger partial charge is 0.300 e. The first kappa shape index (κ1) is 13.0. The van der Waals surface area contributed by atoms with Crippen molar-refractivity contribution in [2.45, 2.75) is 52.0 Å². The molecule has 0 saturated heterocycles. The summed E-state index contributed by atoms with van der Waals surface area (Å²) in [5.74, 6) is 1.66. The molecule has 102 valence electrons. The van der Waals surface area contributed by atoms with E-state index in [1.54, 1.807) is 11.3 Å². The van der Waals surface area contributed by atoms with Crippen LogP contribution in [0.1, 0.15) is 49.7 Å². The maximum Gasteiger partial charge on any atom is 0.195 e. The van der Waals surface area contributed by atoms with E-state index in [0.717, 1.165) is 25.2 Å². The van der Waals surface area contributed by atoms with E-state index in [9.17, 15) is 0 Å². The first-order valence-electron chi connectivity index (χ1n) is 6.89. The molecule has 0 bridgehead atoms. The number of aryl methyl sites for hydroxylation is 1. The molecule has 0 atom stereocenters. The van der Waals surface area contributed by atoms with Crippen LogP contribution in [0.4, 0.5) is 0 Å². The van der Waals surface area contributed by atoms with Crippen LogP contribution in [0.5, 0.6) is 0 Å². The van der Waals surface area contributed by atoms with E-state index in [4.69, 9.17) is 17.2 Å². The molecule has 6 heteroatoms. The lowest BCUT2D eigenvalue weighted by molar-refractivity contribution is 0.755. The van der Waals surface area contributed by atoms with Gasteiger partial charge in [0.15, 0.2) is 10.6 Å². The topological polar surface area (TPSA) is 46.5 Å². The summed E-state index contributed by atoms with van der Waals surface area (Å²) >= 11 is 7.09. The van der Waals surface area contributed by atoms with Crippen LogP contribution < -0.4 is 0 Å². The summed E-state index contributed by atoms with van der Waals surface area (Å²) in [4.78, 5) is 6.05. The first-order valence-corrected chi connectivity index (χ1v) is 8.12. The fraction of sp³-hybridized carbons (Fsp3) is 0.615. The minimum absolute atomic E-state index is 0.696. The summed E-state index contributed by atoms with van der Waals surface area (Å²) in [7, 11) is 0. The second kappa shape index (κ2) is 5.17. The molecule has 0 spiro atoms. The Morgan fingerprint density at radius 3 is 2.84 bits per heavy atom. The van der Waals surface area contributed by atoms with Gasteiger partial charge in [-0.05, 0) is 38.4 Å². The summed E-state index contributed by atoms with van der Waals surface area (Å²) in [6, 6.07) is 0. The molecule has 2 aromatic rings. The maximum absolute atomic E-state index is 5.28. The third-order valence-electron chi connectivity index (χ3n) is 3.40. The Morgan fingerprint density at radius 2 is 2.21 bits per heavy atom. The molecule has 1 fully saturated rings. The fourth-order valence-corrected chi connectivity index (χ4v) is 3.78. The number of aromatic nitrogens is 4. The van der Waals surface area contributed by atoms with Crippen LogP contribution in [0.3, 0.4) is 0 Å². The molecule has 2 heterocycles. The zero-order chi connectivity index (χ0) is 13.4. The molecule has 0 aliphatic heterocycles. The molecule has 1 aliphatic rings. The maximum atomic E-state index is 5.28. The van der Waals surface area contributed by atoms with Gasteiger partial charge in [-0.15, -0.1) is 11.3 Å². The molecular weight excluding hydrogens is 276 g/mol. The SMILES string of the molecule is CCCc1nc(C2CC2)sc1-c1n[nH]c(=S)n1CC. The monoisotopic (exact) mass is 294 g/mol. The van der Waals surface area contributed by atoms with Crippen LogP contribution in [-0.2, 0) is 13.0 Å². The summed E-state index contributed by atoms with van der Waals surface area (Å²) in [6.45, 7) is 5.13. The van der Waals surface area contributed by atoms with Crippen LogP contribution >= 0.6 is 23.6 Å². The minimum Gasteiger partial charge on any atom is -0.300 e. The molecule has 3 rings (SSSR count). The third kappa shape index (κ3) is 2.39. The van der Waals surface area contributed by atoms with E-state index in [1.165, 1.54) is 28.4 Å². The summed E-state index contributed by atoms with van der Waals surface area (Å²) in [5, 5.41) is 8.60. The van der Waals surface area contributed by atoms with Gasteiger partial charge in [0.1, 0.15) is 0 Å². The second-order valence-electron chi connectivity index (χ2n) is 4.95. The average Bonchev–Trinajstić information content (AvgIpc) is 3.07. The minimum atomic E-state index is 0.696. The van der Waals surface area contributed by atoms with Crippen LogP contribution in [0.2, 0.25) is 0 Å². The Labute approximate surface area is 121 Å². The quantitative estimate of drug-likeness (QED) is 0.850. The van der Waals surface area contributed by atoms with Crippen molar-refractivity contribution in [3.8, 4) is 10.7 Å². The number of nitrogens with one attached hydrogen (secondary N) is 1. The number of thiazole rings is 1. The lowest BCUT2D eigenvalue weighted by Crippen LogP contribution is -1.98. The highest BCUT2D eigenvalue weighted by Crippen LogP contribution is 2.44. The number of aromatic amines is 1. The molecule has 1 saturated carbocycles. The Balaban J connectivity index is 2.08. The highest BCUT2D eigenvalue weighted by atomic mass is 32.1. The zero-order valence-electron chi connectivity index (χ0n) is 11.3. The Hall–Kier alpha value is -1.01. The van der Waals surface area contributed by atoms with Crippen molar-refractivity contribution in [1.82, 2.24) is 19.7 Å². The van der Waals surface area contributed by atoms with Gasteiger partial charge in [0.05, 0.1) is 15.6 Å². The number of hydrogen-bond acceptors (Lipinski definition) is 4. The standard InChI is InChI=1S/C13H18N4S2/c1-3-5-9-10(19-12(14-9)8-6-7-8)11-15-16-13(18)17(11)4-2/h8H,3-7H2,1-2H3,(H,16,18). The van der Waals surface area contributed by atoms with Crippen molar-refractivity contribution in [1.29, 1.82) is 0 Å². The molecule has 2 aromatic heterocycles. The van der Waals surface area contributed by atoms with Gasteiger partial charge in [0, 0.05) is 12.5 Å². The molecule has 19 heavy (non-hydrogen) atoms. The number of rotatable bonds is 5. The van der Waals surface area contributed by atoms with E-state index < -0.39 is 0 Å². The van der Waals surface area contributed by atoms with Gasteiger partial charge in [-0.1, -0.05) is 13.3 Å². The van der Waals surface area contributed by atoms with Gasteiger partial charge in [-0.3, -0.25) is 9.67 Å².